The molecular weight excluding hydrogens is 476 g/mol. The van der Waals surface area contributed by atoms with Crippen LogP contribution in [-0.4, -0.2) is 42.5 Å². The molecule has 0 aliphatic carbocycles. The highest BCUT2D eigenvalue weighted by Crippen LogP contribution is 2.29. The van der Waals surface area contributed by atoms with E-state index in [9.17, 15) is 4.79 Å². The minimum atomic E-state index is -0.101. The summed E-state index contributed by atoms with van der Waals surface area (Å²) in [6.45, 7) is 4.58. The fraction of sp³-hybridized carbons (Fsp3) is 0.200. The summed E-state index contributed by atoms with van der Waals surface area (Å²) in [4.78, 5) is 19.8. The van der Waals surface area contributed by atoms with Crippen molar-refractivity contribution < 1.29 is 9.53 Å². The molecule has 8 nitrogen and oxygen atoms in total. The van der Waals surface area contributed by atoms with Crippen LogP contribution in [0.15, 0.2) is 97.6 Å². The van der Waals surface area contributed by atoms with E-state index in [1.54, 1.807) is 24.3 Å². The highest BCUT2D eigenvalue weighted by molar-refractivity contribution is 5.76. The number of ether oxygens (including phenoxy) is 1. The predicted molar refractivity (Wildman–Crippen MR) is 146 cm³/mol. The van der Waals surface area contributed by atoms with Crippen LogP contribution in [0.2, 0.25) is 0 Å². The van der Waals surface area contributed by atoms with Gasteiger partial charge in [-0.05, 0) is 37.1 Å². The van der Waals surface area contributed by atoms with Gasteiger partial charge in [0.15, 0.2) is 0 Å². The summed E-state index contributed by atoms with van der Waals surface area (Å²) < 4.78 is 9.14. The minimum absolute atomic E-state index is 0.0370. The van der Waals surface area contributed by atoms with E-state index in [1.807, 2.05) is 101 Å². The van der Waals surface area contributed by atoms with Gasteiger partial charge in [0.2, 0.25) is 5.91 Å². The van der Waals surface area contributed by atoms with Crippen molar-refractivity contribution >= 4 is 5.91 Å². The third-order valence-corrected chi connectivity index (χ3v) is 6.57. The van der Waals surface area contributed by atoms with Crippen molar-refractivity contribution in [1.29, 1.82) is 0 Å². The normalized spacial score (nSPS) is 11.8. The van der Waals surface area contributed by atoms with Crippen molar-refractivity contribution in [3.05, 3.63) is 114 Å². The van der Waals surface area contributed by atoms with Gasteiger partial charge in [0, 0.05) is 18.3 Å². The Kier molecular flexibility index (Phi) is 7.31. The van der Waals surface area contributed by atoms with Crippen LogP contribution in [-0.2, 0) is 17.9 Å². The second kappa shape index (κ2) is 11.1. The van der Waals surface area contributed by atoms with E-state index in [0.29, 0.717) is 18.0 Å². The molecule has 0 aliphatic heterocycles. The molecule has 8 heteroatoms. The number of aryl methyl sites for hydroxylation is 1. The molecule has 192 valence electrons. The van der Waals surface area contributed by atoms with E-state index in [1.165, 1.54) is 0 Å². The first-order chi connectivity index (χ1) is 18.5. The SMILES string of the molecule is COc1cc(-c2cn(CC(=O)N(Cc3ccccc3)[C@H](C)c3ccccc3)nn2)ccc1-n1cnc(C)c1. The summed E-state index contributed by atoms with van der Waals surface area (Å²) in [5, 5.41) is 8.59. The van der Waals surface area contributed by atoms with Crippen LogP contribution in [0.4, 0.5) is 0 Å². The predicted octanol–water partition coefficient (Wildman–Crippen LogP) is 5.24. The summed E-state index contributed by atoms with van der Waals surface area (Å²) in [6.07, 6.45) is 5.49. The maximum atomic E-state index is 13.6. The second-order valence-corrected chi connectivity index (χ2v) is 9.20. The monoisotopic (exact) mass is 506 g/mol. The fourth-order valence-electron chi connectivity index (χ4n) is 4.47. The minimum Gasteiger partial charge on any atom is -0.495 e. The lowest BCUT2D eigenvalue weighted by Crippen LogP contribution is -2.35. The first-order valence-corrected chi connectivity index (χ1v) is 12.5. The zero-order valence-corrected chi connectivity index (χ0v) is 21.7. The first-order valence-electron chi connectivity index (χ1n) is 12.5. The Morgan fingerprint density at radius 3 is 2.42 bits per heavy atom. The molecule has 5 rings (SSSR count). The maximum absolute atomic E-state index is 13.6. The van der Waals surface area contributed by atoms with E-state index in [-0.39, 0.29) is 18.5 Å². The number of imidazole rings is 1. The average molecular weight is 507 g/mol. The summed E-state index contributed by atoms with van der Waals surface area (Å²) >= 11 is 0. The maximum Gasteiger partial charge on any atom is 0.245 e. The third kappa shape index (κ3) is 5.49. The van der Waals surface area contributed by atoms with Gasteiger partial charge in [-0.1, -0.05) is 71.9 Å². The topological polar surface area (TPSA) is 78.1 Å². The van der Waals surface area contributed by atoms with Crippen molar-refractivity contribution in [2.24, 2.45) is 0 Å². The van der Waals surface area contributed by atoms with Gasteiger partial charge in [0.25, 0.3) is 0 Å². The lowest BCUT2D eigenvalue weighted by Gasteiger charge is -2.30. The summed E-state index contributed by atoms with van der Waals surface area (Å²) in [5.74, 6) is 0.654. The number of carbonyl (C=O) groups is 1. The van der Waals surface area contributed by atoms with Crippen LogP contribution >= 0.6 is 0 Å². The molecule has 0 fully saturated rings. The summed E-state index contributed by atoms with van der Waals surface area (Å²) in [7, 11) is 1.64. The Labute approximate surface area is 222 Å². The first kappa shape index (κ1) is 25.0. The molecule has 0 bridgehead atoms. The van der Waals surface area contributed by atoms with E-state index in [2.05, 4.69) is 22.2 Å². The van der Waals surface area contributed by atoms with E-state index < -0.39 is 0 Å². The third-order valence-electron chi connectivity index (χ3n) is 6.57. The number of aromatic nitrogens is 5. The van der Waals surface area contributed by atoms with E-state index >= 15 is 0 Å². The van der Waals surface area contributed by atoms with Crippen LogP contribution in [0.3, 0.4) is 0 Å². The zero-order chi connectivity index (χ0) is 26.5. The van der Waals surface area contributed by atoms with Crippen LogP contribution in [0, 0.1) is 6.92 Å². The van der Waals surface area contributed by atoms with Gasteiger partial charge < -0.3 is 14.2 Å². The number of amides is 1. The number of carbonyl (C=O) groups excluding carboxylic acids is 1. The van der Waals surface area contributed by atoms with Crippen LogP contribution in [0.1, 0.15) is 29.8 Å². The molecule has 38 heavy (non-hydrogen) atoms. The van der Waals surface area contributed by atoms with Crippen LogP contribution in [0.5, 0.6) is 5.75 Å². The molecule has 2 aromatic heterocycles. The number of hydrogen-bond acceptors (Lipinski definition) is 5. The standard InChI is InChI=1S/C30H30N6O2/c1-22-17-34(21-31-22)28-15-14-26(16-29(28)38-3)27-19-35(33-32-27)20-30(37)36(18-24-10-6-4-7-11-24)23(2)25-12-8-5-9-13-25/h4-17,19,21,23H,18,20H2,1-3H3/t23-/m1/s1. The molecule has 0 radical (unpaired) electrons. The Bertz CT molecular complexity index is 1510. The molecule has 0 aliphatic rings. The number of methoxy groups -OCH3 is 1. The molecule has 0 saturated carbocycles. The van der Waals surface area contributed by atoms with Crippen LogP contribution in [0.25, 0.3) is 16.9 Å². The van der Waals surface area contributed by atoms with E-state index in [0.717, 1.165) is 28.1 Å². The number of hydrogen-bond donors (Lipinski definition) is 0. The molecule has 1 atom stereocenters. The van der Waals surface area contributed by atoms with Crippen molar-refractivity contribution in [2.45, 2.75) is 33.0 Å². The Balaban J connectivity index is 1.37. The molecule has 1 amide bonds. The lowest BCUT2D eigenvalue weighted by atomic mass is 10.1. The van der Waals surface area contributed by atoms with Gasteiger partial charge in [-0.3, -0.25) is 4.79 Å². The average Bonchev–Trinajstić information content (AvgIpc) is 3.61. The molecule has 5 aromatic rings. The molecular formula is C30H30N6O2. The lowest BCUT2D eigenvalue weighted by molar-refractivity contribution is -0.135. The van der Waals surface area contributed by atoms with Crippen molar-refractivity contribution in [2.75, 3.05) is 7.11 Å². The molecule has 0 unspecified atom stereocenters. The van der Waals surface area contributed by atoms with Gasteiger partial charge in [-0.15, -0.1) is 5.10 Å². The van der Waals surface area contributed by atoms with Crippen LogP contribution < -0.4 is 4.74 Å². The van der Waals surface area contributed by atoms with Crippen molar-refractivity contribution in [3.8, 4) is 22.7 Å². The van der Waals surface area contributed by atoms with E-state index in [4.69, 9.17) is 4.74 Å². The van der Waals surface area contributed by atoms with Gasteiger partial charge in [-0.2, -0.15) is 0 Å². The molecule has 0 N–H and O–H groups in total. The molecule has 0 spiro atoms. The highest BCUT2D eigenvalue weighted by Gasteiger charge is 2.23. The zero-order valence-electron chi connectivity index (χ0n) is 21.7. The van der Waals surface area contributed by atoms with Gasteiger partial charge in [-0.25, -0.2) is 9.67 Å². The summed E-state index contributed by atoms with van der Waals surface area (Å²) in [5.41, 5.74) is 5.46. The number of nitrogens with zero attached hydrogens (tertiary/aromatic N) is 6. The van der Waals surface area contributed by atoms with Gasteiger partial charge in [0.1, 0.15) is 18.0 Å². The van der Waals surface area contributed by atoms with Crippen molar-refractivity contribution in [3.63, 3.8) is 0 Å². The molecule has 2 heterocycles. The second-order valence-electron chi connectivity index (χ2n) is 9.20. The summed E-state index contributed by atoms with van der Waals surface area (Å²) in [6, 6.07) is 25.8. The molecule has 3 aromatic carbocycles. The number of rotatable bonds is 9. The Morgan fingerprint density at radius 2 is 1.74 bits per heavy atom. The number of benzene rings is 3. The highest BCUT2D eigenvalue weighted by atomic mass is 16.5. The quantitative estimate of drug-likeness (QED) is 0.273. The Morgan fingerprint density at radius 1 is 1.00 bits per heavy atom. The Hall–Kier alpha value is -4.72. The molecule has 0 saturated heterocycles. The smallest absolute Gasteiger partial charge is 0.245 e. The van der Waals surface area contributed by atoms with Gasteiger partial charge >= 0.3 is 0 Å². The van der Waals surface area contributed by atoms with Gasteiger partial charge in [0.05, 0.1) is 37.1 Å². The fourth-order valence-corrected chi connectivity index (χ4v) is 4.47. The largest absolute Gasteiger partial charge is 0.495 e. The van der Waals surface area contributed by atoms with Crippen molar-refractivity contribution in [1.82, 2.24) is 29.4 Å².